The number of benzene rings is 2. The molecule has 19 heavy (non-hydrogen) atoms. The Labute approximate surface area is 126 Å². The Kier molecular flexibility index (Phi) is 4.82. The number of thiocarbonyl (C=S) groups is 1. The summed E-state index contributed by atoms with van der Waals surface area (Å²) in [6, 6.07) is 16.9. The van der Waals surface area contributed by atoms with Gasteiger partial charge in [-0.3, -0.25) is 4.79 Å². The first-order valence-corrected chi connectivity index (χ1v) is 6.99. The number of halogens is 1. The molecule has 0 fully saturated rings. The molecule has 0 aliphatic heterocycles. The molecule has 2 nitrogen and oxygen atoms in total. The Morgan fingerprint density at radius 2 is 1.68 bits per heavy atom. The van der Waals surface area contributed by atoms with Crippen molar-refractivity contribution in [2.45, 2.75) is 6.42 Å². The zero-order valence-corrected chi connectivity index (χ0v) is 12.5. The van der Waals surface area contributed by atoms with E-state index in [0.717, 1.165) is 10.2 Å². The predicted octanol–water partition coefficient (Wildman–Crippen LogP) is 4.46. The van der Waals surface area contributed by atoms with Crippen LogP contribution < -0.4 is 5.32 Å². The quantitative estimate of drug-likeness (QED) is 0.661. The molecule has 0 bridgehead atoms. The minimum atomic E-state index is 0.0148. The van der Waals surface area contributed by atoms with Crippen LogP contribution >= 0.6 is 28.1 Å². The molecule has 1 N–H and O–H groups in total. The van der Waals surface area contributed by atoms with Gasteiger partial charge in [-0.2, -0.15) is 0 Å². The number of ketones is 1. The van der Waals surface area contributed by atoms with Crippen molar-refractivity contribution in [3.63, 3.8) is 0 Å². The molecule has 96 valence electrons. The summed E-state index contributed by atoms with van der Waals surface area (Å²) < 4.78 is 0.953. The fourth-order valence-electron chi connectivity index (χ4n) is 1.61. The van der Waals surface area contributed by atoms with E-state index in [-0.39, 0.29) is 12.2 Å². The highest BCUT2D eigenvalue weighted by molar-refractivity contribution is 9.10. The van der Waals surface area contributed by atoms with Crippen LogP contribution in [0.5, 0.6) is 0 Å². The van der Waals surface area contributed by atoms with E-state index in [2.05, 4.69) is 21.2 Å². The van der Waals surface area contributed by atoms with Crippen molar-refractivity contribution in [2.24, 2.45) is 0 Å². The van der Waals surface area contributed by atoms with E-state index in [4.69, 9.17) is 12.2 Å². The summed E-state index contributed by atoms with van der Waals surface area (Å²) in [6.45, 7) is 0. The number of rotatable bonds is 4. The topological polar surface area (TPSA) is 29.1 Å². The van der Waals surface area contributed by atoms with Crippen LogP contribution in [0.25, 0.3) is 0 Å². The summed E-state index contributed by atoms with van der Waals surface area (Å²) in [5.41, 5.74) is 1.57. The van der Waals surface area contributed by atoms with Crippen LogP contribution in [0, 0.1) is 0 Å². The molecule has 0 heterocycles. The summed E-state index contributed by atoms with van der Waals surface area (Å²) in [7, 11) is 0. The zero-order chi connectivity index (χ0) is 13.7. The lowest BCUT2D eigenvalue weighted by Gasteiger charge is -2.07. The molecule has 2 aromatic rings. The Morgan fingerprint density at radius 3 is 2.32 bits per heavy atom. The van der Waals surface area contributed by atoms with Crippen molar-refractivity contribution in [1.29, 1.82) is 0 Å². The molecule has 4 heteroatoms. The van der Waals surface area contributed by atoms with Crippen molar-refractivity contribution in [3.8, 4) is 0 Å². The molecule has 0 aromatic heterocycles. The number of anilines is 1. The molecule has 2 rings (SSSR count). The van der Waals surface area contributed by atoms with Gasteiger partial charge in [0.1, 0.15) is 0 Å². The molecule has 0 amide bonds. The van der Waals surface area contributed by atoms with Gasteiger partial charge < -0.3 is 5.32 Å². The number of carbonyl (C=O) groups excluding carboxylic acids is 1. The molecule has 2 aromatic carbocycles. The third-order valence-electron chi connectivity index (χ3n) is 2.54. The lowest BCUT2D eigenvalue weighted by atomic mass is 10.1. The molecule has 0 aliphatic rings. The Balaban J connectivity index is 1.95. The maximum Gasteiger partial charge on any atom is 0.169 e. The van der Waals surface area contributed by atoms with Gasteiger partial charge in [-0.25, -0.2) is 0 Å². The molecule has 0 unspecified atom stereocenters. The Morgan fingerprint density at radius 1 is 1.05 bits per heavy atom. The molecule has 0 saturated heterocycles. The summed E-state index contributed by atoms with van der Waals surface area (Å²) in [4.78, 5) is 12.5. The van der Waals surface area contributed by atoms with Crippen LogP contribution in [0.15, 0.2) is 59.1 Å². The smallest absolute Gasteiger partial charge is 0.169 e. The van der Waals surface area contributed by atoms with Gasteiger partial charge >= 0.3 is 0 Å². The van der Waals surface area contributed by atoms with E-state index >= 15 is 0 Å². The van der Waals surface area contributed by atoms with Crippen molar-refractivity contribution >= 4 is 44.6 Å². The summed E-state index contributed by atoms with van der Waals surface area (Å²) in [5, 5.41) is 3.06. The minimum absolute atomic E-state index is 0.0148. The van der Waals surface area contributed by atoms with Crippen molar-refractivity contribution in [3.05, 3.63) is 64.6 Å². The second-order valence-electron chi connectivity index (χ2n) is 4.02. The third-order valence-corrected chi connectivity index (χ3v) is 3.32. The van der Waals surface area contributed by atoms with E-state index in [1.54, 1.807) is 12.1 Å². The maximum atomic E-state index is 12.0. The van der Waals surface area contributed by atoms with Crippen LogP contribution in [0.4, 0.5) is 5.69 Å². The molecule has 0 atom stereocenters. The molecular formula is C15H12BrNOS. The molecular weight excluding hydrogens is 322 g/mol. The van der Waals surface area contributed by atoms with Gasteiger partial charge in [0.25, 0.3) is 0 Å². The zero-order valence-electron chi connectivity index (χ0n) is 10.1. The monoisotopic (exact) mass is 333 g/mol. The van der Waals surface area contributed by atoms with Gasteiger partial charge in [-0.05, 0) is 24.3 Å². The molecule has 0 radical (unpaired) electrons. The van der Waals surface area contributed by atoms with Gasteiger partial charge in [0.2, 0.25) is 0 Å². The lowest BCUT2D eigenvalue weighted by molar-refractivity contribution is 0.100. The number of Topliss-reactive ketones (excluding diaryl/α,β-unsaturated/α-hetero) is 1. The highest BCUT2D eigenvalue weighted by atomic mass is 79.9. The fraction of sp³-hybridized carbons (Fsp3) is 0.0667. The normalized spacial score (nSPS) is 9.95. The number of nitrogens with one attached hydrogen (secondary N) is 1. The van der Waals surface area contributed by atoms with Gasteiger partial charge in [0.15, 0.2) is 5.78 Å². The first-order valence-electron chi connectivity index (χ1n) is 5.79. The lowest BCUT2D eigenvalue weighted by Crippen LogP contribution is -2.14. The molecule has 0 aliphatic carbocycles. The van der Waals surface area contributed by atoms with Crippen LogP contribution in [0.3, 0.4) is 0 Å². The van der Waals surface area contributed by atoms with E-state index < -0.39 is 0 Å². The van der Waals surface area contributed by atoms with Gasteiger partial charge in [-0.1, -0.05) is 58.5 Å². The van der Waals surface area contributed by atoms with E-state index in [9.17, 15) is 4.79 Å². The first-order chi connectivity index (χ1) is 9.15. The van der Waals surface area contributed by atoms with Crippen LogP contribution in [-0.2, 0) is 0 Å². The second-order valence-corrected chi connectivity index (χ2v) is 5.43. The second kappa shape index (κ2) is 6.59. The van der Waals surface area contributed by atoms with Crippen molar-refractivity contribution in [2.75, 3.05) is 5.32 Å². The minimum Gasteiger partial charge on any atom is -0.350 e. The number of hydrogen-bond donors (Lipinski definition) is 1. The van der Waals surface area contributed by atoms with Crippen molar-refractivity contribution in [1.82, 2.24) is 0 Å². The number of carbonyl (C=O) groups is 1. The standard InChI is InChI=1S/C15H12BrNOS/c16-12-8-6-11(7-9-12)14(18)10-15(19)17-13-4-2-1-3-5-13/h1-9H,10H2,(H,17,19). The number of para-hydroxylation sites is 1. The van der Waals surface area contributed by atoms with Gasteiger partial charge in [0, 0.05) is 15.7 Å². The van der Waals surface area contributed by atoms with E-state index in [0.29, 0.717) is 10.6 Å². The number of hydrogen-bond acceptors (Lipinski definition) is 2. The Hall–Kier alpha value is -1.52. The summed E-state index contributed by atoms with van der Waals surface area (Å²) >= 11 is 8.54. The van der Waals surface area contributed by atoms with Crippen molar-refractivity contribution < 1.29 is 4.79 Å². The molecule has 0 spiro atoms. The average Bonchev–Trinajstić information content (AvgIpc) is 2.40. The Bertz CT molecular complexity index is 581. The average molecular weight is 334 g/mol. The first kappa shape index (κ1) is 13.9. The van der Waals surface area contributed by atoms with Crippen LogP contribution in [0.2, 0.25) is 0 Å². The summed E-state index contributed by atoms with van der Waals surface area (Å²) in [5.74, 6) is 0.0148. The van der Waals surface area contributed by atoms with Crippen LogP contribution in [0.1, 0.15) is 16.8 Å². The largest absolute Gasteiger partial charge is 0.350 e. The SMILES string of the molecule is O=C(CC(=S)Nc1ccccc1)c1ccc(Br)cc1. The molecule has 0 saturated carbocycles. The van der Waals surface area contributed by atoms with Gasteiger partial charge in [0.05, 0.1) is 11.4 Å². The predicted molar refractivity (Wildman–Crippen MR) is 85.8 cm³/mol. The maximum absolute atomic E-state index is 12.0. The van der Waals surface area contributed by atoms with E-state index in [1.165, 1.54) is 0 Å². The highest BCUT2D eigenvalue weighted by Crippen LogP contribution is 2.13. The van der Waals surface area contributed by atoms with Crippen LogP contribution in [-0.4, -0.2) is 10.8 Å². The fourth-order valence-corrected chi connectivity index (χ4v) is 2.12. The summed E-state index contributed by atoms with van der Waals surface area (Å²) in [6.07, 6.45) is 0.214. The van der Waals surface area contributed by atoms with E-state index in [1.807, 2.05) is 42.5 Å². The highest BCUT2D eigenvalue weighted by Gasteiger charge is 2.09. The van der Waals surface area contributed by atoms with Gasteiger partial charge in [-0.15, -0.1) is 0 Å². The third kappa shape index (κ3) is 4.26.